The maximum absolute atomic E-state index is 5.10. The largest absolute Gasteiger partial charge is 0.384 e. The van der Waals surface area contributed by atoms with Crippen LogP contribution in [0.4, 0.5) is 5.69 Å². The molecule has 0 aliphatic heterocycles. The van der Waals surface area contributed by atoms with E-state index in [4.69, 9.17) is 24.4 Å². The first-order valence-corrected chi connectivity index (χ1v) is 6.69. The Morgan fingerprint density at radius 2 is 2.00 bits per heavy atom. The lowest BCUT2D eigenvalue weighted by atomic mass is 10.2. The maximum atomic E-state index is 5.10. The fourth-order valence-corrected chi connectivity index (χ4v) is 2.09. The first kappa shape index (κ1) is 13.7. The van der Waals surface area contributed by atoms with Gasteiger partial charge in [0, 0.05) is 6.54 Å². The molecule has 1 N–H and O–H groups in total. The van der Waals surface area contributed by atoms with Crippen molar-refractivity contribution in [2.45, 2.75) is 26.2 Å². The molecule has 0 unspecified atom stereocenters. The van der Waals surface area contributed by atoms with Crippen molar-refractivity contribution in [3.8, 4) is 0 Å². The van der Waals surface area contributed by atoms with E-state index >= 15 is 0 Å². The molecule has 0 spiro atoms. The molecule has 4 heteroatoms. The first-order valence-electron chi connectivity index (χ1n) is 5.88. The Morgan fingerprint density at radius 3 is 2.56 bits per heavy atom. The van der Waals surface area contributed by atoms with Crippen LogP contribution in [0.5, 0.6) is 0 Å². The lowest BCUT2D eigenvalue weighted by Gasteiger charge is -2.15. The molecule has 1 rings (SSSR count). The molecule has 0 saturated carbocycles. The van der Waals surface area contributed by atoms with Crippen molar-refractivity contribution < 1.29 is 0 Å². The van der Waals surface area contributed by atoms with Gasteiger partial charge in [-0.2, -0.15) is 0 Å². The highest BCUT2D eigenvalue weighted by molar-refractivity contribution is 7.74. The van der Waals surface area contributed by atoms with Gasteiger partial charge in [-0.15, -0.1) is 0 Å². The number of nitrogens with one attached hydrogen (secondary N) is 1. The Kier molecular flexibility index (Phi) is 6.09. The lowest BCUT2D eigenvalue weighted by molar-refractivity contribution is 0.328. The van der Waals surface area contributed by atoms with Crippen LogP contribution >= 0.6 is 24.4 Å². The van der Waals surface area contributed by atoms with Crippen LogP contribution in [0.25, 0.3) is 0 Å². The van der Waals surface area contributed by atoms with Crippen LogP contribution in [0, 0.1) is 9.02 Å². The summed E-state index contributed by atoms with van der Waals surface area (Å²) < 4.78 is 1.65. The first-order chi connectivity index (χ1) is 7.65. The third kappa shape index (κ3) is 4.28. The van der Waals surface area contributed by atoms with E-state index in [0.717, 1.165) is 21.3 Å². The number of hydrogen-bond donors (Lipinski definition) is 1. The van der Waals surface area contributed by atoms with Gasteiger partial charge in [-0.1, -0.05) is 31.4 Å². The van der Waals surface area contributed by atoms with E-state index < -0.39 is 0 Å². The van der Waals surface area contributed by atoms with Crippen molar-refractivity contribution in [3.63, 3.8) is 0 Å². The molecule has 0 atom stereocenters. The lowest BCUT2D eigenvalue weighted by Crippen LogP contribution is -2.20. The molecule has 1 aromatic rings. The minimum atomic E-state index is 0.820. The second-order valence-electron chi connectivity index (χ2n) is 4.19. The molecule has 0 amide bonds. The van der Waals surface area contributed by atoms with Crippen LogP contribution in [-0.4, -0.2) is 31.6 Å². The quantitative estimate of drug-likeness (QED) is 0.565. The summed E-state index contributed by atoms with van der Waals surface area (Å²) in [5.41, 5.74) is 1.06. The third-order valence-electron chi connectivity index (χ3n) is 2.63. The van der Waals surface area contributed by atoms with Crippen molar-refractivity contribution in [2.75, 3.05) is 32.0 Å². The molecule has 2 nitrogen and oxygen atoms in total. The van der Waals surface area contributed by atoms with E-state index in [0.29, 0.717) is 0 Å². The zero-order valence-electron chi connectivity index (χ0n) is 10.1. The Bertz CT molecular complexity index is 380. The van der Waals surface area contributed by atoms with Gasteiger partial charge in [0.1, 0.15) is 0 Å². The monoisotopic (exact) mass is 256 g/mol. The Balaban J connectivity index is 2.03. The predicted molar refractivity (Wildman–Crippen MR) is 76.0 cm³/mol. The summed E-state index contributed by atoms with van der Waals surface area (Å²) in [6.45, 7) is 5.58. The Morgan fingerprint density at radius 1 is 1.25 bits per heavy atom. The smallest absolute Gasteiger partial charge is 0.0790 e. The van der Waals surface area contributed by atoms with Crippen molar-refractivity contribution >= 4 is 30.1 Å². The Hall–Kier alpha value is -0.320. The van der Waals surface area contributed by atoms with Gasteiger partial charge < -0.3 is 10.2 Å². The molecule has 0 aliphatic rings. The summed E-state index contributed by atoms with van der Waals surface area (Å²) in [7, 11) is 2.18. The minimum absolute atomic E-state index is 0.820. The van der Waals surface area contributed by atoms with Gasteiger partial charge in [0.15, 0.2) is 0 Å². The zero-order valence-corrected chi connectivity index (χ0v) is 11.7. The summed E-state index contributed by atoms with van der Waals surface area (Å²) >= 11 is 10.1. The summed E-state index contributed by atoms with van der Waals surface area (Å²) in [5, 5.41) is 3.32. The van der Waals surface area contributed by atoms with Crippen LogP contribution in [0.15, 0.2) is 6.07 Å². The average molecular weight is 256 g/mol. The molecular formula is C12H20N2S2. The Labute approximate surface area is 108 Å². The molecule has 0 heterocycles. The summed E-state index contributed by atoms with van der Waals surface area (Å²) in [4.78, 5) is 2.38. The van der Waals surface area contributed by atoms with Crippen LogP contribution in [0.1, 0.15) is 26.2 Å². The van der Waals surface area contributed by atoms with Crippen LogP contribution < -0.4 is 5.32 Å². The second kappa shape index (κ2) is 7.09. The van der Waals surface area contributed by atoms with E-state index in [-0.39, 0.29) is 0 Å². The normalized spacial score (nSPS) is 11.2. The highest BCUT2D eigenvalue weighted by Gasteiger charge is 2.01. The van der Waals surface area contributed by atoms with Gasteiger partial charge >= 0.3 is 0 Å². The van der Waals surface area contributed by atoms with Crippen LogP contribution in [0.3, 0.4) is 0 Å². The zero-order chi connectivity index (χ0) is 12.0. The number of hydrogen-bond acceptors (Lipinski definition) is 4. The molecule has 0 radical (unpaired) electrons. The number of nitrogens with zero attached hydrogens (tertiary/aromatic N) is 1. The number of anilines is 1. The second-order valence-corrected chi connectivity index (χ2v) is 5.04. The molecule has 16 heavy (non-hydrogen) atoms. The molecule has 0 aliphatic carbocycles. The van der Waals surface area contributed by atoms with Gasteiger partial charge in [-0.05, 0) is 45.5 Å². The molecule has 0 bridgehead atoms. The van der Waals surface area contributed by atoms with Gasteiger partial charge in [0.05, 0.1) is 14.7 Å². The van der Waals surface area contributed by atoms with Crippen molar-refractivity contribution in [3.05, 3.63) is 15.1 Å². The standard InChI is InChI=1S/C12H20N2S2/c1-3-7-14(2)8-5-4-6-13-10-9-11(15)12(10)16/h9,13H,3-8H2,1-2H3. The summed E-state index contributed by atoms with van der Waals surface area (Å²) in [5.74, 6) is 0. The summed E-state index contributed by atoms with van der Waals surface area (Å²) in [6.07, 6.45) is 3.64. The molecule has 0 fully saturated rings. The fraction of sp³-hybridized carbons (Fsp3) is 0.667. The van der Waals surface area contributed by atoms with Crippen molar-refractivity contribution in [2.24, 2.45) is 0 Å². The SMILES string of the molecule is CCCN(C)CCCCNc1cc(=S)c1=S. The third-order valence-corrected chi connectivity index (χ3v) is 3.52. The van der Waals surface area contributed by atoms with E-state index in [1.54, 1.807) is 0 Å². The number of rotatable bonds is 8. The van der Waals surface area contributed by atoms with Gasteiger partial charge in [-0.25, -0.2) is 0 Å². The van der Waals surface area contributed by atoms with E-state index in [2.05, 4.69) is 24.2 Å². The van der Waals surface area contributed by atoms with Gasteiger partial charge in [0.25, 0.3) is 0 Å². The highest BCUT2D eigenvalue weighted by Crippen LogP contribution is 2.16. The van der Waals surface area contributed by atoms with Gasteiger partial charge in [-0.3, -0.25) is 0 Å². The van der Waals surface area contributed by atoms with Crippen molar-refractivity contribution in [1.29, 1.82) is 0 Å². The van der Waals surface area contributed by atoms with Crippen LogP contribution in [-0.2, 0) is 0 Å². The molecule has 0 saturated heterocycles. The van der Waals surface area contributed by atoms with Crippen molar-refractivity contribution in [1.82, 2.24) is 4.90 Å². The molecule has 1 aromatic carbocycles. The molecule has 0 aromatic heterocycles. The fourth-order valence-electron chi connectivity index (χ4n) is 1.67. The van der Waals surface area contributed by atoms with E-state index in [1.807, 2.05) is 6.07 Å². The minimum Gasteiger partial charge on any atom is -0.384 e. The molecular weight excluding hydrogens is 236 g/mol. The highest BCUT2D eigenvalue weighted by atomic mass is 32.1. The van der Waals surface area contributed by atoms with Crippen LogP contribution in [0.2, 0.25) is 0 Å². The van der Waals surface area contributed by atoms with E-state index in [9.17, 15) is 0 Å². The predicted octanol–water partition coefficient (Wildman–Crippen LogP) is 3.56. The average Bonchev–Trinajstić information content (AvgIpc) is 2.27. The molecule has 90 valence electrons. The topological polar surface area (TPSA) is 15.3 Å². The van der Waals surface area contributed by atoms with E-state index in [1.165, 1.54) is 32.4 Å². The van der Waals surface area contributed by atoms with Gasteiger partial charge in [0.2, 0.25) is 0 Å². The maximum Gasteiger partial charge on any atom is 0.0790 e. The number of unbranched alkanes of at least 4 members (excludes halogenated alkanes) is 1. The summed E-state index contributed by atoms with van der Waals surface area (Å²) in [6, 6.07) is 1.95.